The minimum Gasteiger partial charge on any atom is -0.461 e. The molecule has 0 spiro atoms. The van der Waals surface area contributed by atoms with E-state index in [0.29, 0.717) is 13.1 Å². The number of halogens is 1. The number of hydrogen-bond acceptors (Lipinski definition) is 2. The molecule has 19 heavy (non-hydrogen) atoms. The first-order chi connectivity index (χ1) is 9.28. The van der Waals surface area contributed by atoms with Crippen LogP contribution in [0.5, 0.6) is 0 Å². The van der Waals surface area contributed by atoms with Gasteiger partial charge in [0.1, 0.15) is 17.4 Å². The minimum atomic E-state index is -0.0187. The van der Waals surface area contributed by atoms with Gasteiger partial charge >= 0.3 is 0 Å². The molecule has 0 unspecified atom stereocenters. The molecule has 0 aliphatic carbocycles. The van der Waals surface area contributed by atoms with Gasteiger partial charge in [0.2, 0.25) is 5.91 Å². The third-order valence-corrected chi connectivity index (χ3v) is 3.62. The van der Waals surface area contributed by atoms with Crippen molar-refractivity contribution < 1.29 is 9.21 Å². The van der Waals surface area contributed by atoms with E-state index in [1.54, 1.807) is 4.90 Å². The topological polar surface area (TPSA) is 33.5 Å². The van der Waals surface area contributed by atoms with Crippen LogP contribution in [0.15, 0.2) is 40.8 Å². The fraction of sp³-hybridized carbons (Fsp3) is 0.267. The lowest BCUT2D eigenvalue weighted by atomic mass is 10.1. The zero-order valence-corrected chi connectivity index (χ0v) is 11.2. The highest BCUT2D eigenvalue weighted by Gasteiger charge is 2.23. The Hall–Kier alpha value is -1.74. The average Bonchev–Trinajstić information content (AvgIpc) is 2.90. The van der Waals surface area contributed by atoms with Crippen LogP contribution >= 0.6 is 11.6 Å². The highest BCUT2D eigenvalue weighted by molar-refractivity contribution is 6.27. The van der Waals surface area contributed by atoms with Crippen molar-refractivity contribution in [2.75, 3.05) is 12.4 Å². The van der Waals surface area contributed by atoms with Gasteiger partial charge in [-0.15, -0.1) is 11.6 Å². The van der Waals surface area contributed by atoms with Crippen LogP contribution in [-0.2, 0) is 17.8 Å². The van der Waals surface area contributed by atoms with E-state index in [4.69, 9.17) is 16.0 Å². The van der Waals surface area contributed by atoms with Crippen molar-refractivity contribution in [2.24, 2.45) is 0 Å². The quantitative estimate of drug-likeness (QED) is 0.789. The molecule has 0 saturated heterocycles. The SMILES string of the molecule is O=C(CCl)N1CCc2oc(-c3ccccc3)cc2C1. The Kier molecular flexibility index (Phi) is 3.30. The van der Waals surface area contributed by atoms with Gasteiger partial charge in [0, 0.05) is 30.6 Å². The second-order valence-corrected chi connectivity index (χ2v) is 4.89. The summed E-state index contributed by atoms with van der Waals surface area (Å²) in [4.78, 5) is 13.4. The Labute approximate surface area is 116 Å². The lowest BCUT2D eigenvalue weighted by Crippen LogP contribution is -2.36. The lowest BCUT2D eigenvalue weighted by molar-refractivity contribution is -0.129. The predicted molar refractivity (Wildman–Crippen MR) is 74.0 cm³/mol. The van der Waals surface area contributed by atoms with Gasteiger partial charge in [-0.1, -0.05) is 30.3 Å². The molecule has 3 nitrogen and oxygen atoms in total. The van der Waals surface area contributed by atoms with Gasteiger partial charge < -0.3 is 9.32 Å². The van der Waals surface area contributed by atoms with Crippen LogP contribution in [0.1, 0.15) is 11.3 Å². The van der Waals surface area contributed by atoms with Gasteiger partial charge in [-0.05, 0) is 6.07 Å². The highest BCUT2D eigenvalue weighted by Crippen LogP contribution is 2.29. The Balaban J connectivity index is 1.87. The summed E-state index contributed by atoms with van der Waals surface area (Å²) in [6, 6.07) is 12.0. The number of benzene rings is 1. The van der Waals surface area contributed by atoms with E-state index in [-0.39, 0.29) is 11.8 Å². The fourth-order valence-electron chi connectivity index (χ4n) is 2.38. The standard InChI is InChI=1S/C15H14ClNO2/c16-9-15(18)17-7-6-13-12(10-17)8-14(19-13)11-4-2-1-3-5-11/h1-5,8H,6-7,9-10H2. The number of furan rings is 1. The molecule has 1 aliphatic rings. The van der Waals surface area contributed by atoms with E-state index in [1.807, 2.05) is 36.4 Å². The maximum absolute atomic E-state index is 11.6. The van der Waals surface area contributed by atoms with E-state index in [1.165, 1.54) is 0 Å². The van der Waals surface area contributed by atoms with Crippen LogP contribution in [0, 0.1) is 0 Å². The summed E-state index contributed by atoms with van der Waals surface area (Å²) in [5.41, 5.74) is 2.15. The van der Waals surface area contributed by atoms with Crippen molar-refractivity contribution >= 4 is 17.5 Å². The number of carbonyl (C=O) groups excluding carboxylic acids is 1. The summed E-state index contributed by atoms with van der Waals surface area (Å²) in [6.07, 6.45) is 0.755. The molecule has 98 valence electrons. The summed E-state index contributed by atoms with van der Waals surface area (Å²) >= 11 is 5.60. The molecule has 2 aromatic rings. The first kappa shape index (κ1) is 12.3. The molecular formula is C15H14ClNO2. The van der Waals surface area contributed by atoms with E-state index < -0.39 is 0 Å². The van der Waals surface area contributed by atoms with Crippen LogP contribution in [0.4, 0.5) is 0 Å². The Bertz CT molecular complexity index is 591. The molecule has 0 fully saturated rings. The van der Waals surface area contributed by atoms with Crippen LogP contribution in [0.2, 0.25) is 0 Å². The molecule has 0 saturated carbocycles. The number of alkyl halides is 1. The number of rotatable bonds is 2. The first-order valence-corrected chi connectivity index (χ1v) is 6.82. The summed E-state index contributed by atoms with van der Waals surface area (Å²) in [6.45, 7) is 1.28. The Morgan fingerprint density at radius 2 is 2.11 bits per heavy atom. The number of amides is 1. The van der Waals surface area contributed by atoms with Gasteiger partial charge in [-0.3, -0.25) is 4.79 Å². The van der Waals surface area contributed by atoms with Crippen molar-refractivity contribution in [1.82, 2.24) is 4.90 Å². The van der Waals surface area contributed by atoms with Crippen LogP contribution in [0.25, 0.3) is 11.3 Å². The smallest absolute Gasteiger partial charge is 0.237 e. The van der Waals surface area contributed by atoms with Crippen LogP contribution in [0.3, 0.4) is 0 Å². The molecular weight excluding hydrogens is 262 g/mol. The molecule has 0 N–H and O–H groups in total. The Morgan fingerprint density at radius 1 is 1.32 bits per heavy atom. The molecule has 2 heterocycles. The van der Waals surface area contributed by atoms with Crippen molar-refractivity contribution in [3.63, 3.8) is 0 Å². The maximum atomic E-state index is 11.6. The number of fused-ring (bicyclic) bond motifs is 1. The van der Waals surface area contributed by atoms with Crippen LogP contribution < -0.4 is 0 Å². The number of carbonyl (C=O) groups is 1. The number of hydrogen-bond donors (Lipinski definition) is 0. The first-order valence-electron chi connectivity index (χ1n) is 6.28. The third-order valence-electron chi connectivity index (χ3n) is 3.39. The molecule has 0 bridgehead atoms. The monoisotopic (exact) mass is 275 g/mol. The normalized spacial score (nSPS) is 14.3. The largest absolute Gasteiger partial charge is 0.461 e. The summed E-state index contributed by atoms with van der Waals surface area (Å²) in [7, 11) is 0. The highest BCUT2D eigenvalue weighted by atomic mass is 35.5. The van der Waals surface area contributed by atoms with E-state index in [9.17, 15) is 4.79 Å². The Morgan fingerprint density at radius 3 is 2.84 bits per heavy atom. The number of nitrogens with zero attached hydrogens (tertiary/aromatic N) is 1. The zero-order chi connectivity index (χ0) is 13.2. The molecule has 0 atom stereocenters. The van der Waals surface area contributed by atoms with Gasteiger partial charge in [0.05, 0.1) is 0 Å². The van der Waals surface area contributed by atoms with E-state index in [2.05, 4.69) is 0 Å². The fourth-order valence-corrected chi connectivity index (χ4v) is 2.54. The van der Waals surface area contributed by atoms with Crippen LogP contribution in [-0.4, -0.2) is 23.2 Å². The molecule has 3 rings (SSSR count). The molecule has 4 heteroatoms. The summed E-state index contributed by atoms with van der Waals surface area (Å²) < 4.78 is 5.88. The van der Waals surface area contributed by atoms with Crippen molar-refractivity contribution in [1.29, 1.82) is 0 Å². The van der Waals surface area contributed by atoms with Crippen molar-refractivity contribution in [3.05, 3.63) is 47.7 Å². The van der Waals surface area contributed by atoms with Gasteiger partial charge in [-0.2, -0.15) is 0 Å². The molecule has 1 amide bonds. The predicted octanol–water partition coefficient (Wildman–Crippen LogP) is 3.07. The third kappa shape index (κ3) is 2.38. The second-order valence-electron chi connectivity index (χ2n) is 4.62. The van der Waals surface area contributed by atoms with E-state index in [0.717, 1.165) is 29.1 Å². The molecule has 1 aromatic carbocycles. The summed E-state index contributed by atoms with van der Waals surface area (Å²) in [5.74, 6) is 1.87. The van der Waals surface area contributed by atoms with Gasteiger partial charge in [0.15, 0.2) is 0 Å². The zero-order valence-electron chi connectivity index (χ0n) is 10.4. The van der Waals surface area contributed by atoms with Gasteiger partial charge in [0.25, 0.3) is 0 Å². The molecule has 1 aromatic heterocycles. The average molecular weight is 276 g/mol. The maximum Gasteiger partial charge on any atom is 0.237 e. The van der Waals surface area contributed by atoms with Crippen molar-refractivity contribution in [3.8, 4) is 11.3 Å². The van der Waals surface area contributed by atoms with E-state index >= 15 is 0 Å². The minimum absolute atomic E-state index is 0.0187. The van der Waals surface area contributed by atoms with Crippen molar-refractivity contribution in [2.45, 2.75) is 13.0 Å². The summed E-state index contributed by atoms with van der Waals surface area (Å²) in [5, 5.41) is 0. The second kappa shape index (κ2) is 5.10. The lowest BCUT2D eigenvalue weighted by Gasteiger charge is -2.25. The molecule has 0 radical (unpaired) electrons. The molecule has 1 aliphatic heterocycles. The van der Waals surface area contributed by atoms with Gasteiger partial charge in [-0.25, -0.2) is 0 Å².